The minimum absolute atomic E-state index is 0.269. The minimum atomic E-state index is -0.496. The number of hydrogen-bond donors (Lipinski definition) is 2. The number of methoxy groups -OCH3 is 1. The van der Waals surface area contributed by atoms with Gasteiger partial charge in [0.05, 0.1) is 13.2 Å². The first-order chi connectivity index (χ1) is 6.67. The molecule has 3 N–H and O–H groups in total. The van der Waals surface area contributed by atoms with Crippen LogP contribution in [0.4, 0.5) is 0 Å². The van der Waals surface area contributed by atoms with Gasteiger partial charge < -0.3 is 15.6 Å². The Hall–Kier alpha value is -1.13. The van der Waals surface area contributed by atoms with Crippen LogP contribution >= 0.6 is 0 Å². The number of ether oxygens (including phenoxy) is 1. The van der Waals surface area contributed by atoms with Crippen molar-refractivity contribution in [2.45, 2.75) is 19.4 Å². The Bertz CT molecular complexity index is 302. The average molecular weight is 196 g/mol. The Morgan fingerprint density at radius 1 is 1.64 bits per heavy atom. The molecular weight excluding hydrogens is 180 g/mol. The van der Waals surface area contributed by atoms with Gasteiger partial charge in [0.2, 0.25) is 5.88 Å². The molecule has 0 aliphatic carbocycles. The molecule has 4 nitrogen and oxygen atoms in total. The van der Waals surface area contributed by atoms with Gasteiger partial charge in [-0.05, 0) is 18.6 Å². The fourth-order valence-electron chi connectivity index (χ4n) is 1.30. The van der Waals surface area contributed by atoms with E-state index in [0.29, 0.717) is 12.3 Å². The zero-order valence-electron chi connectivity index (χ0n) is 8.53. The quantitative estimate of drug-likeness (QED) is 0.725. The molecule has 78 valence electrons. The second-order valence-corrected chi connectivity index (χ2v) is 3.26. The van der Waals surface area contributed by atoms with Crippen LogP contribution in [0.3, 0.4) is 0 Å². The van der Waals surface area contributed by atoms with Crippen molar-refractivity contribution in [2.24, 2.45) is 5.73 Å². The van der Waals surface area contributed by atoms with Gasteiger partial charge in [0.25, 0.3) is 0 Å². The number of aromatic nitrogens is 1. The Morgan fingerprint density at radius 2 is 2.36 bits per heavy atom. The fraction of sp³-hybridized carbons (Fsp3) is 0.500. The molecule has 1 aromatic rings. The number of hydrogen-bond acceptors (Lipinski definition) is 4. The van der Waals surface area contributed by atoms with Gasteiger partial charge in [-0.25, -0.2) is 4.98 Å². The van der Waals surface area contributed by atoms with E-state index in [1.807, 2.05) is 13.0 Å². The van der Waals surface area contributed by atoms with Crippen molar-refractivity contribution in [3.8, 4) is 5.88 Å². The molecule has 14 heavy (non-hydrogen) atoms. The highest BCUT2D eigenvalue weighted by molar-refractivity contribution is 5.28. The highest BCUT2D eigenvalue weighted by atomic mass is 16.5. The SMILES string of the molecule is COc1ncc(CC(O)CN)cc1C. The Kier molecular flexibility index (Phi) is 3.85. The summed E-state index contributed by atoms with van der Waals surface area (Å²) < 4.78 is 5.03. The lowest BCUT2D eigenvalue weighted by Gasteiger charge is -2.09. The standard InChI is InChI=1S/C10H16N2O2/c1-7-3-8(4-9(13)5-11)6-12-10(7)14-2/h3,6,9,13H,4-5,11H2,1-2H3. The fourth-order valence-corrected chi connectivity index (χ4v) is 1.30. The number of aryl methyl sites for hydroxylation is 1. The topological polar surface area (TPSA) is 68.4 Å². The van der Waals surface area contributed by atoms with E-state index >= 15 is 0 Å². The normalized spacial score (nSPS) is 12.6. The molecule has 0 bridgehead atoms. The predicted octanol–water partition coefficient (Wildman–Crippen LogP) is 0.261. The molecule has 0 saturated carbocycles. The Morgan fingerprint density at radius 3 is 2.86 bits per heavy atom. The zero-order valence-corrected chi connectivity index (χ0v) is 8.53. The molecule has 0 spiro atoms. The first-order valence-electron chi connectivity index (χ1n) is 4.55. The van der Waals surface area contributed by atoms with E-state index in [4.69, 9.17) is 10.5 Å². The molecule has 0 saturated heterocycles. The third kappa shape index (κ3) is 2.68. The van der Waals surface area contributed by atoms with Crippen molar-refractivity contribution in [1.29, 1.82) is 0 Å². The van der Waals surface area contributed by atoms with Crippen LogP contribution in [-0.4, -0.2) is 29.8 Å². The molecule has 1 aromatic heterocycles. The van der Waals surface area contributed by atoms with E-state index < -0.39 is 6.10 Å². The van der Waals surface area contributed by atoms with Crippen molar-refractivity contribution < 1.29 is 9.84 Å². The minimum Gasteiger partial charge on any atom is -0.481 e. The summed E-state index contributed by atoms with van der Waals surface area (Å²) in [7, 11) is 1.59. The number of pyridine rings is 1. The van der Waals surface area contributed by atoms with Crippen LogP contribution in [0.25, 0.3) is 0 Å². The summed E-state index contributed by atoms with van der Waals surface area (Å²) in [4.78, 5) is 4.11. The molecule has 0 amide bonds. The number of aliphatic hydroxyl groups excluding tert-OH is 1. The molecule has 0 aromatic carbocycles. The molecule has 0 aliphatic rings. The summed E-state index contributed by atoms with van der Waals surface area (Å²) in [5, 5.41) is 9.34. The molecule has 0 fully saturated rings. The zero-order chi connectivity index (χ0) is 10.6. The van der Waals surface area contributed by atoms with E-state index in [9.17, 15) is 5.11 Å². The Balaban J connectivity index is 2.76. The van der Waals surface area contributed by atoms with Gasteiger partial charge in [-0.1, -0.05) is 0 Å². The second kappa shape index (κ2) is 4.93. The maximum absolute atomic E-state index is 9.34. The van der Waals surface area contributed by atoms with E-state index in [2.05, 4.69) is 4.98 Å². The molecular formula is C10H16N2O2. The van der Waals surface area contributed by atoms with E-state index in [-0.39, 0.29) is 6.54 Å². The summed E-state index contributed by atoms with van der Waals surface area (Å²) in [5.41, 5.74) is 7.26. The van der Waals surface area contributed by atoms with Crippen molar-refractivity contribution >= 4 is 0 Å². The van der Waals surface area contributed by atoms with Crippen molar-refractivity contribution in [3.63, 3.8) is 0 Å². The van der Waals surface area contributed by atoms with E-state index in [1.165, 1.54) is 0 Å². The largest absolute Gasteiger partial charge is 0.481 e. The lowest BCUT2D eigenvalue weighted by molar-refractivity contribution is 0.183. The third-order valence-electron chi connectivity index (χ3n) is 2.02. The summed E-state index contributed by atoms with van der Waals surface area (Å²) in [6, 6.07) is 1.95. The average Bonchev–Trinajstić information content (AvgIpc) is 2.18. The van der Waals surface area contributed by atoms with Crippen molar-refractivity contribution in [1.82, 2.24) is 4.98 Å². The number of aliphatic hydroxyl groups is 1. The van der Waals surface area contributed by atoms with E-state index in [0.717, 1.165) is 11.1 Å². The molecule has 1 heterocycles. The predicted molar refractivity (Wildman–Crippen MR) is 54.3 cm³/mol. The van der Waals surface area contributed by atoms with Crippen LogP contribution in [0.15, 0.2) is 12.3 Å². The number of nitrogens with zero attached hydrogens (tertiary/aromatic N) is 1. The van der Waals surface area contributed by atoms with Gasteiger partial charge in [0.1, 0.15) is 0 Å². The van der Waals surface area contributed by atoms with Gasteiger partial charge in [-0.3, -0.25) is 0 Å². The molecule has 0 radical (unpaired) electrons. The lowest BCUT2D eigenvalue weighted by Crippen LogP contribution is -2.22. The first-order valence-corrected chi connectivity index (χ1v) is 4.55. The van der Waals surface area contributed by atoms with Crippen molar-refractivity contribution in [2.75, 3.05) is 13.7 Å². The maximum Gasteiger partial charge on any atom is 0.215 e. The monoisotopic (exact) mass is 196 g/mol. The maximum atomic E-state index is 9.34. The lowest BCUT2D eigenvalue weighted by atomic mass is 10.1. The van der Waals surface area contributed by atoms with Gasteiger partial charge in [0, 0.05) is 24.7 Å². The van der Waals surface area contributed by atoms with Gasteiger partial charge in [-0.2, -0.15) is 0 Å². The summed E-state index contributed by atoms with van der Waals surface area (Å²) >= 11 is 0. The number of nitrogens with two attached hydrogens (primary N) is 1. The van der Waals surface area contributed by atoms with Gasteiger partial charge >= 0.3 is 0 Å². The Labute approximate surface area is 83.7 Å². The third-order valence-corrected chi connectivity index (χ3v) is 2.02. The highest BCUT2D eigenvalue weighted by Crippen LogP contribution is 2.15. The van der Waals surface area contributed by atoms with Crippen LogP contribution < -0.4 is 10.5 Å². The van der Waals surface area contributed by atoms with Crippen LogP contribution in [0, 0.1) is 6.92 Å². The first kappa shape index (κ1) is 10.9. The smallest absolute Gasteiger partial charge is 0.215 e. The molecule has 0 aliphatic heterocycles. The van der Waals surface area contributed by atoms with Gasteiger partial charge in [-0.15, -0.1) is 0 Å². The van der Waals surface area contributed by atoms with Crippen LogP contribution in [0.5, 0.6) is 5.88 Å². The molecule has 4 heteroatoms. The van der Waals surface area contributed by atoms with E-state index in [1.54, 1.807) is 13.3 Å². The molecule has 1 rings (SSSR count). The molecule has 1 atom stereocenters. The van der Waals surface area contributed by atoms with Crippen LogP contribution in [0.2, 0.25) is 0 Å². The van der Waals surface area contributed by atoms with Crippen molar-refractivity contribution in [3.05, 3.63) is 23.4 Å². The summed E-state index contributed by atoms with van der Waals surface area (Å²) in [6.07, 6.45) is 1.74. The second-order valence-electron chi connectivity index (χ2n) is 3.26. The van der Waals surface area contributed by atoms with Crippen LogP contribution in [0.1, 0.15) is 11.1 Å². The number of rotatable bonds is 4. The van der Waals surface area contributed by atoms with Crippen LogP contribution in [-0.2, 0) is 6.42 Å². The summed E-state index contributed by atoms with van der Waals surface area (Å²) in [5.74, 6) is 0.621. The van der Waals surface area contributed by atoms with Gasteiger partial charge in [0.15, 0.2) is 0 Å². The summed E-state index contributed by atoms with van der Waals surface area (Å²) in [6.45, 7) is 2.19. The highest BCUT2D eigenvalue weighted by Gasteiger charge is 2.06. The molecule has 1 unspecified atom stereocenters.